The van der Waals surface area contributed by atoms with E-state index in [-0.39, 0.29) is 5.91 Å². The van der Waals surface area contributed by atoms with Crippen molar-refractivity contribution in [3.8, 4) is 0 Å². The number of benzene rings is 2. The molecule has 0 aliphatic heterocycles. The zero-order chi connectivity index (χ0) is 15.5. The molecule has 0 atom stereocenters. The van der Waals surface area contributed by atoms with Gasteiger partial charge in [-0.2, -0.15) is 0 Å². The number of hydrogen-bond donors (Lipinski definition) is 1. The zero-order valence-electron chi connectivity index (χ0n) is 12.4. The number of amides is 1. The van der Waals surface area contributed by atoms with Gasteiger partial charge in [-0.05, 0) is 37.6 Å². The summed E-state index contributed by atoms with van der Waals surface area (Å²) in [5.41, 5.74) is 3.32. The number of aryl methyl sites for hydroxylation is 2. The van der Waals surface area contributed by atoms with E-state index in [2.05, 4.69) is 29.4 Å². The second kappa shape index (κ2) is 6.50. The first-order valence-electron chi connectivity index (χ1n) is 6.97. The van der Waals surface area contributed by atoms with Gasteiger partial charge in [0.05, 0.1) is 16.0 Å². The van der Waals surface area contributed by atoms with Crippen molar-refractivity contribution in [1.29, 1.82) is 0 Å². The molecule has 0 aliphatic rings. The molecule has 1 amide bonds. The molecule has 1 aromatic heterocycles. The van der Waals surface area contributed by atoms with Crippen LogP contribution < -0.4 is 5.32 Å². The maximum absolute atomic E-state index is 12.0. The molecule has 0 saturated heterocycles. The monoisotopic (exact) mass is 328 g/mol. The van der Waals surface area contributed by atoms with Crippen LogP contribution in [0.1, 0.15) is 11.1 Å². The van der Waals surface area contributed by atoms with Gasteiger partial charge in [0.25, 0.3) is 0 Å². The lowest BCUT2D eigenvalue weighted by molar-refractivity contribution is -0.113. The van der Waals surface area contributed by atoms with Crippen molar-refractivity contribution >= 4 is 44.4 Å². The Bertz CT molecular complexity index is 809. The third-order valence-corrected chi connectivity index (χ3v) is 5.21. The largest absolute Gasteiger partial charge is 0.301 e. The standard InChI is InChI=1S/C17H16N2OS2/c1-11-6-8-13(9-7-11)21-10-15(20)18-17-19-16-12(2)4-3-5-14(16)22-17/h3-9H,10H2,1-2H3,(H,18,19,20). The van der Waals surface area contributed by atoms with Crippen LogP contribution >= 0.6 is 23.1 Å². The van der Waals surface area contributed by atoms with Gasteiger partial charge in [-0.25, -0.2) is 4.98 Å². The van der Waals surface area contributed by atoms with E-state index in [9.17, 15) is 4.79 Å². The van der Waals surface area contributed by atoms with E-state index in [4.69, 9.17) is 0 Å². The molecule has 0 fully saturated rings. The second-order valence-corrected chi connectivity index (χ2v) is 7.17. The molecular weight excluding hydrogens is 312 g/mol. The van der Waals surface area contributed by atoms with Gasteiger partial charge in [-0.1, -0.05) is 41.2 Å². The lowest BCUT2D eigenvalue weighted by Gasteiger charge is -2.02. The van der Waals surface area contributed by atoms with Crippen molar-refractivity contribution in [2.45, 2.75) is 18.7 Å². The van der Waals surface area contributed by atoms with Crippen molar-refractivity contribution < 1.29 is 4.79 Å². The fourth-order valence-electron chi connectivity index (χ4n) is 2.08. The maximum atomic E-state index is 12.0. The number of anilines is 1. The number of nitrogens with zero attached hydrogens (tertiary/aromatic N) is 1. The van der Waals surface area contributed by atoms with Gasteiger partial charge in [0.1, 0.15) is 0 Å². The van der Waals surface area contributed by atoms with E-state index in [1.807, 2.05) is 37.3 Å². The molecule has 0 unspecified atom stereocenters. The summed E-state index contributed by atoms with van der Waals surface area (Å²) in [7, 11) is 0. The third kappa shape index (κ3) is 3.48. The van der Waals surface area contributed by atoms with E-state index in [1.165, 1.54) is 28.7 Å². The molecule has 22 heavy (non-hydrogen) atoms. The smallest absolute Gasteiger partial charge is 0.236 e. The molecule has 0 spiro atoms. The van der Waals surface area contributed by atoms with E-state index >= 15 is 0 Å². The Morgan fingerprint density at radius 3 is 2.68 bits per heavy atom. The number of carbonyl (C=O) groups is 1. The molecule has 1 N–H and O–H groups in total. The highest BCUT2D eigenvalue weighted by Crippen LogP contribution is 2.28. The molecule has 3 nitrogen and oxygen atoms in total. The second-order valence-electron chi connectivity index (χ2n) is 5.09. The average molecular weight is 328 g/mol. The Morgan fingerprint density at radius 2 is 1.95 bits per heavy atom. The number of fused-ring (bicyclic) bond motifs is 1. The molecule has 0 aliphatic carbocycles. The van der Waals surface area contributed by atoms with E-state index in [0.717, 1.165) is 20.7 Å². The van der Waals surface area contributed by atoms with Crippen molar-refractivity contribution in [1.82, 2.24) is 4.98 Å². The van der Waals surface area contributed by atoms with E-state index < -0.39 is 0 Å². The minimum absolute atomic E-state index is 0.0257. The topological polar surface area (TPSA) is 42.0 Å². The summed E-state index contributed by atoms with van der Waals surface area (Å²) >= 11 is 3.04. The zero-order valence-corrected chi connectivity index (χ0v) is 14.1. The number of aromatic nitrogens is 1. The van der Waals surface area contributed by atoms with Crippen LogP contribution in [0.15, 0.2) is 47.4 Å². The lowest BCUT2D eigenvalue weighted by atomic mass is 10.2. The number of para-hydroxylation sites is 1. The minimum Gasteiger partial charge on any atom is -0.301 e. The quantitative estimate of drug-likeness (QED) is 0.709. The van der Waals surface area contributed by atoms with Gasteiger partial charge in [0.15, 0.2) is 5.13 Å². The first-order valence-corrected chi connectivity index (χ1v) is 8.77. The first-order chi connectivity index (χ1) is 10.6. The molecule has 3 rings (SSSR count). The number of thiazole rings is 1. The van der Waals surface area contributed by atoms with Gasteiger partial charge in [-0.15, -0.1) is 11.8 Å². The Kier molecular flexibility index (Phi) is 4.45. The van der Waals surface area contributed by atoms with Crippen molar-refractivity contribution in [3.05, 3.63) is 53.6 Å². The van der Waals surface area contributed by atoms with Crippen LogP contribution in [0.4, 0.5) is 5.13 Å². The van der Waals surface area contributed by atoms with Gasteiger partial charge in [0, 0.05) is 4.90 Å². The predicted molar refractivity (Wildman–Crippen MR) is 94.9 cm³/mol. The predicted octanol–water partition coefficient (Wildman–Crippen LogP) is 4.64. The number of rotatable bonds is 4. The SMILES string of the molecule is Cc1ccc(SCC(=O)Nc2nc3c(C)cccc3s2)cc1. The molecule has 112 valence electrons. The Labute approximate surface area is 137 Å². The average Bonchev–Trinajstić information content (AvgIpc) is 2.90. The molecule has 3 aromatic rings. The van der Waals surface area contributed by atoms with Crippen LogP contribution in [-0.4, -0.2) is 16.6 Å². The molecule has 2 aromatic carbocycles. The van der Waals surface area contributed by atoms with Crippen molar-refractivity contribution in [2.24, 2.45) is 0 Å². The van der Waals surface area contributed by atoms with Crippen LogP contribution in [0.25, 0.3) is 10.2 Å². The van der Waals surface area contributed by atoms with Crippen LogP contribution in [0.2, 0.25) is 0 Å². The third-order valence-electron chi connectivity index (χ3n) is 3.26. The normalized spacial score (nSPS) is 10.8. The highest BCUT2D eigenvalue weighted by Gasteiger charge is 2.09. The minimum atomic E-state index is -0.0257. The number of nitrogens with one attached hydrogen (secondary N) is 1. The summed E-state index contributed by atoms with van der Waals surface area (Å²) in [5, 5.41) is 3.55. The fraction of sp³-hybridized carbons (Fsp3) is 0.176. The Balaban J connectivity index is 1.63. The van der Waals surface area contributed by atoms with Crippen LogP contribution in [-0.2, 0) is 4.79 Å². The van der Waals surface area contributed by atoms with Crippen LogP contribution in [0.5, 0.6) is 0 Å². The summed E-state index contributed by atoms with van der Waals surface area (Å²) in [6.07, 6.45) is 0. The summed E-state index contributed by atoms with van der Waals surface area (Å²) in [6, 6.07) is 14.2. The van der Waals surface area contributed by atoms with Gasteiger partial charge in [0.2, 0.25) is 5.91 Å². The molecule has 5 heteroatoms. The first kappa shape index (κ1) is 15.1. The summed E-state index contributed by atoms with van der Waals surface area (Å²) < 4.78 is 1.10. The highest BCUT2D eigenvalue weighted by atomic mass is 32.2. The van der Waals surface area contributed by atoms with E-state index in [1.54, 1.807) is 0 Å². The summed E-state index contributed by atoms with van der Waals surface area (Å²) in [6.45, 7) is 4.08. The summed E-state index contributed by atoms with van der Waals surface area (Å²) in [4.78, 5) is 17.6. The number of hydrogen-bond acceptors (Lipinski definition) is 4. The molecule has 0 radical (unpaired) electrons. The number of thioether (sulfide) groups is 1. The maximum Gasteiger partial charge on any atom is 0.236 e. The lowest BCUT2D eigenvalue weighted by Crippen LogP contribution is -2.13. The van der Waals surface area contributed by atoms with E-state index in [0.29, 0.717) is 10.9 Å². The molecule has 0 saturated carbocycles. The number of carbonyl (C=O) groups excluding carboxylic acids is 1. The highest BCUT2D eigenvalue weighted by molar-refractivity contribution is 8.00. The van der Waals surface area contributed by atoms with Gasteiger partial charge < -0.3 is 5.32 Å². The Morgan fingerprint density at radius 1 is 1.18 bits per heavy atom. The van der Waals surface area contributed by atoms with Crippen LogP contribution in [0, 0.1) is 13.8 Å². The molecule has 0 bridgehead atoms. The Hall–Kier alpha value is -1.85. The van der Waals surface area contributed by atoms with Crippen LogP contribution in [0.3, 0.4) is 0 Å². The molecular formula is C17H16N2OS2. The molecule has 1 heterocycles. The van der Waals surface area contributed by atoms with Crippen molar-refractivity contribution in [2.75, 3.05) is 11.1 Å². The summed E-state index contributed by atoms with van der Waals surface area (Å²) in [5.74, 6) is 0.361. The fourth-order valence-corrected chi connectivity index (χ4v) is 3.74. The van der Waals surface area contributed by atoms with Crippen molar-refractivity contribution in [3.63, 3.8) is 0 Å². The van der Waals surface area contributed by atoms with Gasteiger partial charge >= 0.3 is 0 Å². The van der Waals surface area contributed by atoms with Gasteiger partial charge in [-0.3, -0.25) is 4.79 Å².